The highest BCUT2D eigenvalue weighted by Gasteiger charge is 2.32. The second-order valence-electron chi connectivity index (χ2n) is 6.98. The molecule has 0 radical (unpaired) electrons. The Balaban J connectivity index is 1.44. The summed E-state index contributed by atoms with van der Waals surface area (Å²) >= 11 is 0. The van der Waals surface area contributed by atoms with Crippen molar-refractivity contribution in [2.24, 2.45) is 0 Å². The summed E-state index contributed by atoms with van der Waals surface area (Å²) in [6.45, 7) is 2.77. The highest BCUT2D eigenvalue weighted by Crippen LogP contribution is 2.32. The van der Waals surface area contributed by atoms with Gasteiger partial charge in [-0.25, -0.2) is 4.98 Å². The normalized spacial score (nSPS) is 16.1. The van der Waals surface area contributed by atoms with Gasteiger partial charge in [0.05, 0.1) is 18.8 Å². The van der Waals surface area contributed by atoms with Crippen molar-refractivity contribution < 1.29 is 18.7 Å². The first-order valence-corrected chi connectivity index (χ1v) is 9.59. The fourth-order valence-corrected chi connectivity index (χ4v) is 3.55. The van der Waals surface area contributed by atoms with Crippen molar-refractivity contribution in [3.63, 3.8) is 0 Å². The molecule has 2 aromatic heterocycles. The van der Waals surface area contributed by atoms with E-state index in [1.807, 2.05) is 48.2 Å². The van der Waals surface area contributed by atoms with Crippen molar-refractivity contribution in [1.82, 2.24) is 14.9 Å². The molecular formula is C22H23N3O4. The first kappa shape index (κ1) is 19.0. The summed E-state index contributed by atoms with van der Waals surface area (Å²) in [6, 6.07) is 11.4. The van der Waals surface area contributed by atoms with Crippen LogP contribution in [0.15, 0.2) is 53.3 Å². The third kappa shape index (κ3) is 4.08. The minimum Gasteiger partial charge on any atom is -0.493 e. The Morgan fingerprint density at radius 3 is 2.97 bits per heavy atom. The number of methoxy groups -OCH3 is 1. The van der Waals surface area contributed by atoms with Crippen molar-refractivity contribution >= 4 is 5.91 Å². The zero-order chi connectivity index (χ0) is 20.2. The Hall–Kier alpha value is -3.35. The fraction of sp³-hybridized carbons (Fsp3) is 0.318. The Labute approximate surface area is 169 Å². The van der Waals surface area contributed by atoms with E-state index < -0.39 is 0 Å². The number of carbonyl (C=O) groups is 1. The molecule has 0 unspecified atom stereocenters. The number of rotatable bonds is 6. The number of oxazole rings is 1. The minimum absolute atomic E-state index is 0.0306. The van der Waals surface area contributed by atoms with E-state index in [1.165, 1.54) is 6.26 Å². The van der Waals surface area contributed by atoms with Gasteiger partial charge in [0.15, 0.2) is 23.8 Å². The van der Waals surface area contributed by atoms with Crippen LogP contribution in [0.4, 0.5) is 0 Å². The molecule has 1 aliphatic heterocycles. The molecule has 0 aliphatic carbocycles. The number of pyridine rings is 1. The van der Waals surface area contributed by atoms with Gasteiger partial charge in [-0.15, -0.1) is 0 Å². The van der Waals surface area contributed by atoms with Crippen LogP contribution in [0.3, 0.4) is 0 Å². The van der Waals surface area contributed by atoms with Crippen LogP contribution >= 0.6 is 0 Å². The molecule has 0 N–H and O–H groups in total. The summed E-state index contributed by atoms with van der Waals surface area (Å²) in [5.74, 6) is 1.42. The fourth-order valence-electron chi connectivity index (χ4n) is 3.55. The predicted molar refractivity (Wildman–Crippen MR) is 106 cm³/mol. The molecule has 0 bridgehead atoms. The van der Waals surface area contributed by atoms with Gasteiger partial charge in [-0.3, -0.25) is 9.78 Å². The Morgan fingerprint density at radius 1 is 1.28 bits per heavy atom. The first-order valence-electron chi connectivity index (χ1n) is 9.59. The summed E-state index contributed by atoms with van der Waals surface area (Å²) in [6.07, 6.45) is 4.97. The Morgan fingerprint density at radius 2 is 2.17 bits per heavy atom. The lowest BCUT2D eigenvalue weighted by molar-refractivity contribution is 0.0727. The molecule has 1 amide bonds. The van der Waals surface area contributed by atoms with Crippen LogP contribution in [-0.4, -0.2) is 34.4 Å². The molecule has 7 heteroatoms. The molecule has 1 aliphatic rings. The lowest BCUT2D eigenvalue weighted by atomic mass is 10.1. The molecule has 1 saturated heterocycles. The number of aromatic nitrogens is 2. The molecule has 0 saturated carbocycles. The van der Waals surface area contributed by atoms with E-state index in [0.29, 0.717) is 23.9 Å². The second-order valence-corrected chi connectivity index (χ2v) is 6.98. The molecule has 3 heterocycles. The average molecular weight is 393 g/mol. The first-order chi connectivity index (χ1) is 14.2. The van der Waals surface area contributed by atoms with Gasteiger partial charge >= 0.3 is 0 Å². The average Bonchev–Trinajstić information content (AvgIpc) is 3.43. The molecule has 150 valence electrons. The number of hydrogen-bond donors (Lipinski definition) is 0. The van der Waals surface area contributed by atoms with Crippen molar-refractivity contribution in [3.8, 4) is 11.5 Å². The molecule has 1 aromatic carbocycles. The molecule has 0 spiro atoms. The predicted octanol–water partition coefficient (Wildman–Crippen LogP) is 3.94. The number of aryl methyl sites for hydroxylation is 1. The molecule has 29 heavy (non-hydrogen) atoms. The van der Waals surface area contributed by atoms with Gasteiger partial charge < -0.3 is 18.8 Å². The number of likely N-dealkylation sites (tertiary alicyclic amines) is 1. The van der Waals surface area contributed by atoms with Crippen LogP contribution in [-0.2, 0) is 6.61 Å². The van der Waals surface area contributed by atoms with E-state index in [1.54, 1.807) is 13.3 Å². The van der Waals surface area contributed by atoms with Crippen LogP contribution in [0.25, 0.3) is 0 Å². The van der Waals surface area contributed by atoms with Crippen LogP contribution in [0.2, 0.25) is 0 Å². The largest absolute Gasteiger partial charge is 0.493 e. The zero-order valence-electron chi connectivity index (χ0n) is 16.5. The zero-order valence-corrected chi connectivity index (χ0v) is 16.5. The van der Waals surface area contributed by atoms with Gasteiger partial charge in [-0.2, -0.15) is 0 Å². The summed E-state index contributed by atoms with van der Waals surface area (Å²) < 4.78 is 16.6. The minimum atomic E-state index is -0.152. The second kappa shape index (κ2) is 8.34. The number of amides is 1. The van der Waals surface area contributed by atoms with E-state index in [4.69, 9.17) is 13.9 Å². The van der Waals surface area contributed by atoms with Crippen LogP contribution in [0.5, 0.6) is 11.5 Å². The Kier molecular flexibility index (Phi) is 5.46. The topological polar surface area (TPSA) is 77.7 Å². The molecule has 1 atom stereocenters. The number of nitrogens with zero attached hydrogens (tertiary/aromatic N) is 3. The number of ether oxygens (including phenoxy) is 2. The van der Waals surface area contributed by atoms with Gasteiger partial charge in [0.25, 0.3) is 5.91 Å². The van der Waals surface area contributed by atoms with Gasteiger partial charge in [0.2, 0.25) is 5.89 Å². The number of benzene rings is 1. The lowest BCUT2D eigenvalue weighted by Gasteiger charge is -2.23. The monoisotopic (exact) mass is 393 g/mol. The third-order valence-electron chi connectivity index (χ3n) is 4.98. The smallest absolute Gasteiger partial charge is 0.276 e. The van der Waals surface area contributed by atoms with E-state index in [-0.39, 0.29) is 24.2 Å². The summed E-state index contributed by atoms with van der Waals surface area (Å²) in [4.78, 5) is 23.5. The third-order valence-corrected chi connectivity index (χ3v) is 4.98. The van der Waals surface area contributed by atoms with Crippen molar-refractivity contribution in [3.05, 3.63) is 71.7 Å². The lowest BCUT2D eigenvalue weighted by Crippen LogP contribution is -2.31. The van der Waals surface area contributed by atoms with Gasteiger partial charge in [0.1, 0.15) is 6.26 Å². The van der Waals surface area contributed by atoms with Crippen molar-refractivity contribution in [2.75, 3.05) is 13.7 Å². The molecule has 7 nitrogen and oxygen atoms in total. The highest BCUT2D eigenvalue weighted by molar-refractivity contribution is 5.92. The maximum Gasteiger partial charge on any atom is 0.276 e. The number of hydrogen-bond acceptors (Lipinski definition) is 6. The molecular weight excluding hydrogens is 370 g/mol. The molecule has 1 fully saturated rings. The van der Waals surface area contributed by atoms with Crippen LogP contribution < -0.4 is 9.47 Å². The van der Waals surface area contributed by atoms with Gasteiger partial charge in [-0.05, 0) is 49.6 Å². The standard InChI is InChI=1S/C22H23N3O4/c1-15-8-9-19(20(12-15)27-2)28-14-21-24-17(13-29-21)22(26)25-11-5-7-18(25)16-6-3-4-10-23-16/h3-4,6,8-10,12-13,18H,5,7,11,14H2,1-2H3/t18-/m0/s1. The van der Waals surface area contributed by atoms with Gasteiger partial charge in [-0.1, -0.05) is 12.1 Å². The maximum atomic E-state index is 13.0. The summed E-state index contributed by atoms with van der Waals surface area (Å²) in [7, 11) is 1.59. The van der Waals surface area contributed by atoms with Crippen molar-refractivity contribution in [1.29, 1.82) is 0 Å². The summed E-state index contributed by atoms with van der Waals surface area (Å²) in [5, 5.41) is 0. The van der Waals surface area contributed by atoms with E-state index >= 15 is 0 Å². The van der Waals surface area contributed by atoms with E-state index in [9.17, 15) is 4.79 Å². The van der Waals surface area contributed by atoms with Crippen LogP contribution in [0.1, 0.15) is 46.5 Å². The van der Waals surface area contributed by atoms with E-state index in [0.717, 1.165) is 24.1 Å². The maximum absolute atomic E-state index is 13.0. The SMILES string of the molecule is COc1cc(C)ccc1OCc1nc(C(=O)N2CCC[C@H]2c2ccccn2)co1. The molecule has 4 rings (SSSR count). The summed E-state index contributed by atoms with van der Waals surface area (Å²) in [5.41, 5.74) is 2.26. The number of carbonyl (C=O) groups excluding carboxylic acids is 1. The highest BCUT2D eigenvalue weighted by atomic mass is 16.5. The molecule has 3 aromatic rings. The quantitative estimate of drug-likeness (QED) is 0.631. The van der Waals surface area contributed by atoms with E-state index in [2.05, 4.69) is 9.97 Å². The van der Waals surface area contributed by atoms with Gasteiger partial charge in [0, 0.05) is 12.7 Å². The Bertz CT molecular complexity index is 987. The van der Waals surface area contributed by atoms with Crippen LogP contribution in [0, 0.1) is 6.92 Å². The van der Waals surface area contributed by atoms with Crippen molar-refractivity contribution in [2.45, 2.75) is 32.4 Å².